The maximum Gasteiger partial charge on any atom is 0.218 e. The van der Waals surface area contributed by atoms with Crippen LogP contribution in [0.2, 0.25) is 10.0 Å². The molecule has 0 aromatic heterocycles. The van der Waals surface area contributed by atoms with Gasteiger partial charge >= 0.3 is 0 Å². The van der Waals surface area contributed by atoms with Gasteiger partial charge in [-0.1, -0.05) is 53.5 Å². The van der Waals surface area contributed by atoms with Crippen molar-refractivity contribution in [3.8, 4) is 0 Å². The van der Waals surface area contributed by atoms with Crippen molar-refractivity contribution in [2.45, 2.75) is 6.04 Å². The molecular formula is C15H11Cl2NO. The number of aliphatic imine (C=N–C) groups is 1. The summed E-state index contributed by atoms with van der Waals surface area (Å²) in [7, 11) is 0. The summed E-state index contributed by atoms with van der Waals surface area (Å²) >= 11 is 12.0. The van der Waals surface area contributed by atoms with Crippen molar-refractivity contribution < 1.29 is 4.74 Å². The van der Waals surface area contributed by atoms with E-state index in [9.17, 15) is 0 Å². The minimum absolute atomic E-state index is 0.0305. The molecule has 0 N–H and O–H groups in total. The van der Waals surface area contributed by atoms with Crippen LogP contribution < -0.4 is 0 Å². The van der Waals surface area contributed by atoms with Crippen LogP contribution in [0.4, 0.5) is 0 Å². The maximum atomic E-state index is 6.16. The molecule has 0 saturated heterocycles. The highest BCUT2D eigenvalue weighted by Crippen LogP contribution is 2.28. The van der Waals surface area contributed by atoms with E-state index in [0.717, 1.165) is 11.1 Å². The molecule has 2 aromatic carbocycles. The van der Waals surface area contributed by atoms with Crippen LogP contribution in [-0.4, -0.2) is 12.5 Å². The number of hydrogen-bond acceptors (Lipinski definition) is 2. The molecule has 1 atom stereocenters. The largest absolute Gasteiger partial charge is 0.475 e. The van der Waals surface area contributed by atoms with Crippen LogP contribution in [0.15, 0.2) is 53.5 Å². The molecule has 1 heterocycles. The van der Waals surface area contributed by atoms with Gasteiger partial charge in [-0.25, -0.2) is 4.99 Å². The van der Waals surface area contributed by atoms with E-state index in [-0.39, 0.29) is 6.04 Å². The normalized spacial score (nSPS) is 18.0. The van der Waals surface area contributed by atoms with Crippen molar-refractivity contribution in [3.05, 3.63) is 69.7 Å². The van der Waals surface area contributed by atoms with Gasteiger partial charge in [-0.3, -0.25) is 0 Å². The van der Waals surface area contributed by atoms with E-state index < -0.39 is 0 Å². The molecule has 1 aliphatic heterocycles. The molecular weight excluding hydrogens is 281 g/mol. The second-order valence-corrected chi connectivity index (χ2v) is 5.14. The van der Waals surface area contributed by atoms with Crippen molar-refractivity contribution in [2.24, 2.45) is 4.99 Å². The van der Waals surface area contributed by atoms with Crippen LogP contribution in [-0.2, 0) is 4.74 Å². The molecule has 4 heteroatoms. The summed E-state index contributed by atoms with van der Waals surface area (Å²) in [5.74, 6) is 0.579. The smallest absolute Gasteiger partial charge is 0.218 e. The Hall–Kier alpha value is -1.51. The van der Waals surface area contributed by atoms with Crippen LogP contribution >= 0.6 is 23.2 Å². The molecule has 0 fully saturated rings. The van der Waals surface area contributed by atoms with Crippen molar-refractivity contribution in [3.63, 3.8) is 0 Å². The molecule has 3 rings (SSSR count). The highest BCUT2D eigenvalue weighted by molar-refractivity contribution is 6.36. The maximum absolute atomic E-state index is 6.16. The standard InChI is InChI=1S/C15H11Cl2NO/c16-11-6-7-12(13(17)8-11)15-18-14(9-19-15)10-4-2-1-3-5-10/h1-8,14H,9H2. The summed E-state index contributed by atoms with van der Waals surface area (Å²) in [6.45, 7) is 0.540. The molecule has 0 spiro atoms. The Morgan fingerprint density at radius 3 is 2.58 bits per heavy atom. The van der Waals surface area contributed by atoms with Gasteiger partial charge in [0.2, 0.25) is 5.90 Å². The van der Waals surface area contributed by atoms with E-state index in [0.29, 0.717) is 22.5 Å². The molecule has 0 aliphatic carbocycles. The Bertz CT molecular complexity index is 625. The van der Waals surface area contributed by atoms with E-state index in [1.165, 1.54) is 0 Å². The highest BCUT2D eigenvalue weighted by atomic mass is 35.5. The third-order valence-corrected chi connectivity index (χ3v) is 3.54. The summed E-state index contributed by atoms with van der Waals surface area (Å²) in [6.07, 6.45) is 0. The number of halogens is 2. The molecule has 0 amide bonds. The number of ether oxygens (including phenoxy) is 1. The van der Waals surface area contributed by atoms with Crippen LogP contribution in [0.3, 0.4) is 0 Å². The van der Waals surface area contributed by atoms with Gasteiger partial charge in [0.15, 0.2) is 0 Å². The molecule has 19 heavy (non-hydrogen) atoms. The summed E-state index contributed by atoms with van der Waals surface area (Å²) in [5.41, 5.74) is 1.92. The zero-order chi connectivity index (χ0) is 13.2. The van der Waals surface area contributed by atoms with Gasteiger partial charge in [-0.15, -0.1) is 0 Å². The number of benzene rings is 2. The van der Waals surface area contributed by atoms with Crippen LogP contribution in [0.25, 0.3) is 0 Å². The first-order chi connectivity index (χ1) is 9.24. The summed E-state index contributed by atoms with van der Waals surface area (Å²) in [6, 6.07) is 15.4. The number of nitrogens with zero attached hydrogens (tertiary/aromatic N) is 1. The van der Waals surface area contributed by atoms with Crippen LogP contribution in [0.1, 0.15) is 17.2 Å². The van der Waals surface area contributed by atoms with Gasteiger partial charge in [0.1, 0.15) is 12.6 Å². The Kier molecular flexibility index (Phi) is 3.45. The van der Waals surface area contributed by atoms with E-state index in [1.807, 2.05) is 36.4 Å². The average Bonchev–Trinajstić information content (AvgIpc) is 2.89. The predicted octanol–water partition coefficient (Wildman–Crippen LogP) is 4.51. The molecule has 0 saturated carbocycles. The minimum atomic E-state index is 0.0305. The summed E-state index contributed by atoms with van der Waals surface area (Å²) in [5, 5.41) is 1.16. The first kappa shape index (κ1) is 12.5. The van der Waals surface area contributed by atoms with Crippen LogP contribution in [0.5, 0.6) is 0 Å². The quantitative estimate of drug-likeness (QED) is 0.798. The molecule has 1 aliphatic rings. The fraction of sp³-hybridized carbons (Fsp3) is 0.133. The lowest BCUT2D eigenvalue weighted by Crippen LogP contribution is -2.02. The summed E-state index contributed by atoms with van der Waals surface area (Å²) < 4.78 is 5.65. The van der Waals surface area contributed by atoms with Crippen LogP contribution in [0, 0.1) is 0 Å². The Morgan fingerprint density at radius 1 is 1.05 bits per heavy atom. The fourth-order valence-electron chi connectivity index (χ4n) is 2.03. The lowest BCUT2D eigenvalue weighted by molar-refractivity contribution is 0.320. The topological polar surface area (TPSA) is 21.6 Å². The highest BCUT2D eigenvalue weighted by Gasteiger charge is 2.22. The lowest BCUT2D eigenvalue weighted by Gasteiger charge is -2.04. The monoisotopic (exact) mass is 291 g/mol. The van der Waals surface area contributed by atoms with E-state index in [2.05, 4.69) is 4.99 Å². The number of rotatable bonds is 2. The van der Waals surface area contributed by atoms with E-state index in [4.69, 9.17) is 27.9 Å². The molecule has 0 bridgehead atoms. The predicted molar refractivity (Wildman–Crippen MR) is 78.1 cm³/mol. The minimum Gasteiger partial charge on any atom is -0.475 e. The van der Waals surface area contributed by atoms with Crippen molar-refractivity contribution >= 4 is 29.1 Å². The molecule has 2 aromatic rings. The van der Waals surface area contributed by atoms with Gasteiger partial charge in [0, 0.05) is 5.02 Å². The van der Waals surface area contributed by atoms with Gasteiger partial charge in [0.25, 0.3) is 0 Å². The fourth-order valence-corrected chi connectivity index (χ4v) is 2.52. The second-order valence-electron chi connectivity index (χ2n) is 4.30. The van der Waals surface area contributed by atoms with Crippen molar-refractivity contribution in [1.29, 1.82) is 0 Å². The van der Waals surface area contributed by atoms with Gasteiger partial charge < -0.3 is 4.74 Å². The van der Waals surface area contributed by atoms with Gasteiger partial charge in [0.05, 0.1) is 10.6 Å². The van der Waals surface area contributed by atoms with E-state index >= 15 is 0 Å². The van der Waals surface area contributed by atoms with Crippen molar-refractivity contribution in [2.75, 3.05) is 6.61 Å². The molecule has 1 unspecified atom stereocenters. The zero-order valence-corrected chi connectivity index (χ0v) is 11.5. The number of hydrogen-bond donors (Lipinski definition) is 0. The summed E-state index contributed by atoms with van der Waals surface area (Å²) in [4.78, 5) is 4.59. The van der Waals surface area contributed by atoms with Gasteiger partial charge in [-0.05, 0) is 23.8 Å². The third kappa shape index (κ3) is 2.60. The first-order valence-electron chi connectivity index (χ1n) is 5.95. The van der Waals surface area contributed by atoms with E-state index in [1.54, 1.807) is 12.1 Å². The average molecular weight is 292 g/mol. The van der Waals surface area contributed by atoms with Crippen molar-refractivity contribution in [1.82, 2.24) is 0 Å². The molecule has 2 nitrogen and oxygen atoms in total. The first-order valence-corrected chi connectivity index (χ1v) is 6.70. The Balaban J connectivity index is 1.91. The third-order valence-electron chi connectivity index (χ3n) is 3.00. The van der Waals surface area contributed by atoms with Gasteiger partial charge in [-0.2, -0.15) is 0 Å². The second kappa shape index (κ2) is 5.24. The Morgan fingerprint density at radius 2 is 1.84 bits per heavy atom. The lowest BCUT2D eigenvalue weighted by atomic mass is 10.1. The molecule has 96 valence electrons. The SMILES string of the molecule is Clc1ccc(C2=NC(c3ccccc3)CO2)c(Cl)c1. The Labute approximate surface area is 121 Å². The zero-order valence-electron chi connectivity index (χ0n) is 10.0. The molecule has 0 radical (unpaired) electrons.